The molecule has 0 radical (unpaired) electrons. The van der Waals surface area contributed by atoms with Crippen molar-refractivity contribution < 1.29 is 9.90 Å². The SMILES string of the molecule is CCC(CCO)CNC(=O)C1CCCc2ccccc21. The van der Waals surface area contributed by atoms with Crippen LogP contribution in [0.5, 0.6) is 0 Å². The number of rotatable bonds is 6. The lowest BCUT2D eigenvalue weighted by Gasteiger charge is -2.25. The van der Waals surface area contributed by atoms with Gasteiger partial charge in [-0.3, -0.25) is 4.79 Å². The lowest BCUT2D eigenvalue weighted by molar-refractivity contribution is -0.123. The number of hydrogen-bond donors (Lipinski definition) is 2. The third-order valence-corrected chi connectivity index (χ3v) is 4.37. The summed E-state index contributed by atoms with van der Waals surface area (Å²) in [5.41, 5.74) is 2.52. The van der Waals surface area contributed by atoms with E-state index in [2.05, 4.69) is 24.4 Å². The van der Waals surface area contributed by atoms with Crippen molar-refractivity contribution in [1.29, 1.82) is 0 Å². The van der Waals surface area contributed by atoms with Gasteiger partial charge in [0.2, 0.25) is 5.91 Å². The maximum atomic E-state index is 12.4. The predicted molar refractivity (Wildman–Crippen MR) is 80.6 cm³/mol. The largest absolute Gasteiger partial charge is 0.396 e. The Labute approximate surface area is 121 Å². The molecule has 1 aromatic rings. The molecule has 1 amide bonds. The van der Waals surface area contributed by atoms with Gasteiger partial charge in [0.15, 0.2) is 0 Å². The van der Waals surface area contributed by atoms with Crippen LogP contribution in [0, 0.1) is 5.92 Å². The molecule has 1 aliphatic carbocycles. The normalized spacial score (nSPS) is 19.2. The second-order valence-corrected chi connectivity index (χ2v) is 5.68. The van der Waals surface area contributed by atoms with Gasteiger partial charge in [0.05, 0.1) is 5.92 Å². The first-order chi connectivity index (χ1) is 9.76. The summed E-state index contributed by atoms with van der Waals surface area (Å²) >= 11 is 0. The fourth-order valence-corrected chi connectivity index (χ4v) is 3.03. The number of hydrogen-bond acceptors (Lipinski definition) is 2. The summed E-state index contributed by atoms with van der Waals surface area (Å²) < 4.78 is 0. The highest BCUT2D eigenvalue weighted by Gasteiger charge is 2.26. The van der Waals surface area contributed by atoms with Crippen molar-refractivity contribution in [3.8, 4) is 0 Å². The number of amides is 1. The van der Waals surface area contributed by atoms with Crippen LogP contribution in [0.1, 0.15) is 49.7 Å². The molecule has 0 saturated carbocycles. The maximum Gasteiger partial charge on any atom is 0.227 e. The third-order valence-electron chi connectivity index (χ3n) is 4.37. The molecule has 2 unspecified atom stereocenters. The summed E-state index contributed by atoms with van der Waals surface area (Å²) in [6, 6.07) is 8.29. The monoisotopic (exact) mass is 275 g/mol. The van der Waals surface area contributed by atoms with Crippen molar-refractivity contribution in [2.75, 3.05) is 13.2 Å². The van der Waals surface area contributed by atoms with Crippen LogP contribution in [0.3, 0.4) is 0 Å². The number of benzene rings is 1. The second kappa shape index (κ2) is 7.44. The molecule has 0 spiro atoms. The topological polar surface area (TPSA) is 49.3 Å². The first kappa shape index (κ1) is 15.0. The standard InChI is InChI=1S/C17H25NO2/c1-2-13(10-11-19)12-18-17(20)16-9-5-7-14-6-3-4-8-15(14)16/h3-4,6,8,13,16,19H,2,5,7,9-12H2,1H3,(H,18,20). The lowest BCUT2D eigenvalue weighted by Crippen LogP contribution is -2.35. The molecule has 20 heavy (non-hydrogen) atoms. The molecular weight excluding hydrogens is 250 g/mol. The van der Waals surface area contributed by atoms with E-state index in [1.807, 2.05) is 12.1 Å². The number of carbonyl (C=O) groups is 1. The van der Waals surface area contributed by atoms with E-state index in [4.69, 9.17) is 5.11 Å². The Bertz CT molecular complexity index is 444. The van der Waals surface area contributed by atoms with Gasteiger partial charge >= 0.3 is 0 Å². The molecule has 0 bridgehead atoms. The molecule has 0 aromatic heterocycles. The fourth-order valence-electron chi connectivity index (χ4n) is 3.03. The van der Waals surface area contributed by atoms with Gasteiger partial charge in [-0.15, -0.1) is 0 Å². The summed E-state index contributed by atoms with van der Waals surface area (Å²) in [6.45, 7) is 2.97. The molecular formula is C17H25NO2. The third kappa shape index (κ3) is 3.60. The van der Waals surface area contributed by atoms with Gasteiger partial charge in [0.25, 0.3) is 0 Å². The van der Waals surface area contributed by atoms with E-state index in [1.54, 1.807) is 0 Å². The first-order valence-electron chi connectivity index (χ1n) is 7.72. The summed E-state index contributed by atoms with van der Waals surface area (Å²) in [7, 11) is 0. The molecule has 0 saturated heterocycles. The van der Waals surface area contributed by atoms with Gasteiger partial charge < -0.3 is 10.4 Å². The van der Waals surface area contributed by atoms with Crippen molar-refractivity contribution in [3.63, 3.8) is 0 Å². The zero-order chi connectivity index (χ0) is 14.4. The van der Waals surface area contributed by atoms with Crippen molar-refractivity contribution in [3.05, 3.63) is 35.4 Å². The van der Waals surface area contributed by atoms with Crippen LogP contribution < -0.4 is 5.32 Å². The van der Waals surface area contributed by atoms with Crippen LogP contribution >= 0.6 is 0 Å². The Morgan fingerprint density at radius 3 is 3.00 bits per heavy atom. The van der Waals surface area contributed by atoms with Gasteiger partial charge in [-0.2, -0.15) is 0 Å². The molecule has 3 nitrogen and oxygen atoms in total. The first-order valence-corrected chi connectivity index (χ1v) is 7.72. The van der Waals surface area contributed by atoms with Gasteiger partial charge in [0, 0.05) is 13.2 Å². The highest BCUT2D eigenvalue weighted by molar-refractivity contribution is 5.84. The summed E-state index contributed by atoms with van der Waals surface area (Å²) in [6.07, 6.45) is 4.87. The second-order valence-electron chi connectivity index (χ2n) is 5.68. The van der Waals surface area contributed by atoms with Crippen LogP contribution in [0.4, 0.5) is 0 Å². The number of aliphatic hydroxyl groups excluding tert-OH is 1. The Morgan fingerprint density at radius 1 is 1.45 bits per heavy atom. The van der Waals surface area contributed by atoms with E-state index in [0.29, 0.717) is 12.5 Å². The number of nitrogens with one attached hydrogen (secondary N) is 1. The smallest absolute Gasteiger partial charge is 0.227 e. The van der Waals surface area contributed by atoms with Crippen molar-refractivity contribution in [1.82, 2.24) is 5.32 Å². The number of aliphatic hydroxyl groups is 1. The van der Waals surface area contributed by atoms with E-state index >= 15 is 0 Å². The van der Waals surface area contributed by atoms with Crippen molar-refractivity contribution in [2.45, 2.75) is 44.9 Å². The van der Waals surface area contributed by atoms with E-state index in [9.17, 15) is 4.79 Å². The van der Waals surface area contributed by atoms with Crippen molar-refractivity contribution in [2.24, 2.45) is 5.92 Å². The predicted octanol–water partition coefficient (Wildman–Crippen LogP) is 2.63. The van der Waals surface area contributed by atoms with E-state index < -0.39 is 0 Å². The average Bonchev–Trinajstić information content (AvgIpc) is 2.50. The van der Waals surface area contributed by atoms with Gasteiger partial charge in [-0.1, -0.05) is 37.6 Å². The highest BCUT2D eigenvalue weighted by Crippen LogP contribution is 2.31. The van der Waals surface area contributed by atoms with E-state index in [0.717, 1.165) is 32.1 Å². The molecule has 3 heteroatoms. The number of fused-ring (bicyclic) bond motifs is 1. The van der Waals surface area contributed by atoms with E-state index in [1.165, 1.54) is 11.1 Å². The number of aryl methyl sites for hydroxylation is 1. The minimum absolute atomic E-state index is 0.00610. The fraction of sp³-hybridized carbons (Fsp3) is 0.588. The molecule has 0 aliphatic heterocycles. The molecule has 2 rings (SSSR count). The highest BCUT2D eigenvalue weighted by atomic mass is 16.3. The Balaban J connectivity index is 1.97. The van der Waals surface area contributed by atoms with Gasteiger partial charge in [-0.05, 0) is 42.7 Å². The van der Waals surface area contributed by atoms with Gasteiger partial charge in [-0.25, -0.2) is 0 Å². The van der Waals surface area contributed by atoms with Crippen LogP contribution in [0.15, 0.2) is 24.3 Å². The van der Waals surface area contributed by atoms with Crippen LogP contribution in [0.2, 0.25) is 0 Å². The molecule has 0 fully saturated rings. The molecule has 110 valence electrons. The molecule has 1 aromatic carbocycles. The van der Waals surface area contributed by atoms with Crippen LogP contribution in [-0.2, 0) is 11.2 Å². The number of carbonyl (C=O) groups excluding carboxylic acids is 1. The summed E-state index contributed by atoms with van der Waals surface area (Å²) in [5, 5.41) is 12.1. The van der Waals surface area contributed by atoms with Gasteiger partial charge in [0.1, 0.15) is 0 Å². The quantitative estimate of drug-likeness (QED) is 0.838. The van der Waals surface area contributed by atoms with Crippen LogP contribution in [0.25, 0.3) is 0 Å². The van der Waals surface area contributed by atoms with E-state index in [-0.39, 0.29) is 18.4 Å². The lowest BCUT2D eigenvalue weighted by atomic mass is 9.82. The summed E-state index contributed by atoms with van der Waals surface area (Å²) in [5.74, 6) is 0.530. The maximum absolute atomic E-state index is 12.4. The minimum Gasteiger partial charge on any atom is -0.396 e. The Kier molecular flexibility index (Phi) is 5.60. The Morgan fingerprint density at radius 2 is 2.25 bits per heavy atom. The molecule has 2 N–H and O–H groups in total. The van der Waals surface area contributed by atoms with Crippen LogP contribution in [-0.4, -0.2) is 24.2 Å². The molecule has 0 heterocycles. The average molecular weight is 275 g/mol. The molecule has 1 aliphatic rings. The zero-order valence-electron chi connectivity index (χ0n) is 12.3. The summed E-state index contributed by atoms with van der Waals surface area (Å²) in [4.78, 5) is 12.4. The van der Waals surface area contributed by atoms with Crippen molar-refractivity contribution >= 4 is 5.91 Å². The minimum atomic E-state index is 0.00610. The Hall–Kier alpha value is -1.35. The molecule has 2 atom stereocenters. The zero-order valence-corrected chi connectivity index (χ0v) is 12.3.